The van der Waals surface area contributed by atoms with E-state index < -0.39 is 0 Å². The van der Waals surface area contributed by atoms with Crippen molar-refractivity contribution in [1.29, 1.82) is 0 Å². The van der Waals surface area contributed by atoms with E-state index in [0.29, 0.717) is 12.0 Å². The molecule has 138 valence electrons. The number of likely N-dealkylation sites (N-methyl/N-ethyl adjacent to an activating group) is 1. The summed E-state index contributed by atoms with van der Waals surface area (Å²) in [6.45, 7) is 9.33. The quantitative estimate of drug-likeness (QED) is 0.733. The van der Waals surface area contributed by atoms with Crippen LogP contribution < -0.4 is 4.90 Å². The molecule has 1 unspecified atom stereocenters. The van der Waals surface area contributed by atoms with Gasteiger partial charge in [0, 0.05) is 26.7 Å². The average molecular weight is 345 g/mol. The van der Waals surface area contributed by atoms with Crippen molar-refractivity contribution in [1.82, 2.24) is 19.7 Å². The zero-order chi connectivity index (χ0) is 17.8. The van der Waals surface area contributed by atoms with Gasteiger partial charge in [0.1, 0.15) is 12.1 Å². The predicted molar refractivity (Wildman–Crippen MR) is 101 cm³/mol. The number of unbranched alkanes of at least 4 members (excludes halogenated alkanes) is 1. The van der Waals surface area contributed by atoms with E-state index >= 15 is 0 Å². The SMILES string of the molecule is CCCCn1nc(CC(C)C)c2c(N(C)CC3CCCO3)ncnc21. The van der Waals surface area contributed by atoms with Gasteiger partial charge in [0.05, 0.1) is 17.2 Å². The lowest BCUT2D eigenvalue weighted by atomic mass is 10.1. The molecule has 25 heavy (non-hydrogen) atoms. The van der Waals surface area contributed by atoms with Crippen molar-refractivity contribution in [3.8, 4) is 0 Å². The largest absolute Gasteiger partial charge is 0.376 e. The summed E-state index contributed by atoms with van der Waals surface area (Å²) in [5.41, 5.74) is 2.09. The zero-order valence-corrected chi connectivity index (χ0v) is 16.0. The summed E-state index contributed by atoms with van der Waals surface area (Å²) in [5.74, 6) is 1.54. The number of aromatic nitrogens is 4. The number of hydrogen-bond donors (Lipinski definition) is 0. The maximum Gasteiger partial charge on any atom is 0.163 e. The Labute approximate surface area is 150 Å². The van der Waals surface area contributed by atoms with Crippen LogP contribution in [0.2, 0.25) is 0 Å². The van der Waals surface area contributed by atoms with Crippen LogP contribution in [-0.4, -0.2) is 46.1 Å². The number of ether oxygens (including phenoxy) is 1. The van der Waals surface area contributed by atoms with Crippen LogP contribution in [0.25, 0.3) is 11.0 Å². The molecule has 0 amide bonds. The number of nitrogens with zero attached hydrogens (tertiary/aromatic N) is 5. The third kappa shape index (κ3) is 4.11. The second kappa shape index (κ2) is 8.13. The first-order valence-corrected chi connectivity index (χ1v) is 9.63. The number of hydrogen-bond acceptors (Lipinski definition) is 5. The third-order valence-electron chi connectivity index (χ3n) is 4.77. The van der Waals surface area contributed by atoms with Crippen LogP contribution in [-0.2, 0) is 17.7 Å². The minimum atomic E-state index is 0.304. The van der Waals surface area contributed by atoms with Crippen LogP contribution >= 0.6 is 0 Å². The molecule has 0 N–H and O–H groups in total. The molecule has 2 aromatic rings. The second-order valence-corrected chi connectivity index (χ2v) is 7.53. The van der Waals surface area contributed by atoms with Gasteiger partial charge in [0.15, 0.2) is 5.65 Å². The zero-order valence-electron chi connectivity index (χ0n) is 16.0. The molecule has 6 nitrogen and oxygen atoms in total. The Hall–Kier alpha value is -1.69. The molecule has 0 saturated carbocycles. The van der Waals surface area contributed by atoms with Gasteiger partial charge in [-0.05, 0) is 31.6 Å². The van der Waals surface area contributed by atoms with E-state index in [4.69, 9.17) is 9.84 Å². The normalized spacial score (nSPS) is 17.7. The van der Waals surface area contributed by atoms with Crippen molar-refractivity contribution in [3.63, 3.8) is 0 Å². The molecule has 3 rings (SSSR count). The molecule has 1 atom stereocenters. The monoisotopic (exact) mass is 345 g/mol. The van der Waals surface area contributed by atoms with Gasteiger partial charge in [-0.1, -0.05) is 27.2 Å². The lowest BCUT2D eigenvalue weighted by Crippen LogP contribution is -2.29. The van der Waals surface area contributed by atoms with E-state index in [0.717, 1.165) is 74.3 Å². The van der Waals surface area contributed by atoms with Gasteiger partial charge in [-0.3, -0.25) is 0 Å². The maximum atomic E-state index is 5.80. The summed E-state index contributed by atoms with van der Waals surface area (Å²) in [4.78, 5) is 11.4. The Morgan fingerprint density at radius 2 is 2.20 bits per heavy atom. The minimum Gasteiger partial charge on any atom is -0.376 e. The van der Waals surface area contributed by atoms with Crippen LogP contribution in [0.15, 0.2) is 6.33 Å². The van der Waals surface area contributed by atoms with Crippen LogP contribution in [0, 0.1) is 5.92 Å². The van der Waals surface area contributed by atoms with E-state index in [-0.39, 0.29) is 0 Å². The van der Waals surface area contributed by atoms with Crippen molar-refractivity contribution in [3.05, 3.63) is 12.0 Å². The van der Waals surface area contributed by atoms with Crippen molar-refractivity contribution in [2.24, 2.45) is 5.92 Å². The lowest BCUT2D eigenvalue weighted by Gasteiger charge is -2.22. The topological polar surface area (TPSA) is 56.1 Å². The fourth-order valence-corrected chi connectivity index (χ4v) is 3.53. The molecule has 2 aromatic heterocycles. The summed E-state index contributed by atoms with van der Waals surface area (Å²) in [7, 11) is 2.10. The lowest BCUT2D eigenvalue weighted by molar-refractivity contribution is 0.116. The molecule has 6 heteroatoms. The van der Waals surface area contributed by atoms with Crippen molar-refractivity contribution < 1.29 is 4.74 Å². The van der Waals surface area contributed by atoms with Gasteiger partial charge in [-0.25, -0.2) is 14.6 Å². The minimum absolute atomic E-state index is 0.304. The van der Waals surface area contributed by atoms with Crippen LogP contribution in [0.5, 0.6) is 0 Å². The third-order valence-corrected chi connectivity index (χ3v) is 4.77. The van der Waals surface area contributed by atoms with Crippen LogP contribution in [0.1, 0.15) is 52.1 Å². The fraction of sp³-hybridized carbons (Fsp3) is 0.737. The Bertz CT molecular complexity index is 690. The second-order valence-electron chi connectivity index (χ2n) is 7.53. The van der Waals surface area contributed by atoms with Crippen molar-refractivity contribution in [2.45, 2.75) is 65.5 Å². The summed E-state index contributed by atoms with van der Waals surface area (Å²) in [6, 6.07) is 0. The average Bonchev–Trinajstić information content (AvgIpc) is 3.20. The highest BCUT2D eigenvalue weighted by atomic mass is 16.5. The van der Waals surface area contributed by atoms with Gasteiger partial charge in [0.2, 0.25) is 0 Å². The standard InChI is InChI=1S/C19H31N5O/c1-5-6-9-24-19-17(16(22-24)11-14(2)3)18(20-13-21-19)23(4)12-15-8-7-10-25-15/h13-15H,5-12H2,1-4H3. The smallest absolute Gasteiger partial charge is 0.163 e. The van der Waals surface area contributed by atoms with Crippen molar-refractivity contribution >= 4 is 16.9 Å². The number of rotatable bonds is 8. The van der Waals surface area contributed by atoms with Gasteiger partial charge < -0.3 is 9.64 Å². The van der Waals surface area contributed by atoms with Crippen molar-refractivity contribution in [2.75, 3.05) is 25.1 Å². The molecule has 0 aliphatic carbocycles. The highest BCUT2D eigenvalue weighted by Gasteiger charge is 2.23. The van der Waals surface area contributed by atoms with Gasteiger partial charge in [-0.2, -0.15) is 5.10 Å². The molecule has 0 radical (unpaired) electrons. The number of fused-ring (bicyclic) bond motifs is 1. The molecular weight excluding hydrogens is 314 g/mol. The molecule has 0 bridgehead atoms. The van der Waals surface area contributed by atoms with Gasteiger partial charge in [-0.15, -0.1) is 0 Å². The van der Waals surface area contributed by atoms with E-state index in [1.165, 1.54) is 0 Å². The first kappa shape index (κ1) is 18.1. The predicted octanol–water partition coefficient (Wildman–Crippen LogP) is 3.44. The Morgan fingerprint density at radius 3 is 2.88 bits per heavy atom. The van der Waals surface area contributed by atoms with E-state index in [1.54, 1.807) is 6.33 Å². The van der Waals surface area contributed by atoms with E-state index in [2.05, 4.69) is 47.4 Å². The van der Waals surface area contributed by atoms with E-state index in [1.807, 2.05) is 0 Å². The summed E-state index contributed by atoms with van der Waals surface area (Å²) in [6.07, 6.45) is 7.48. The Kier molecular flexibility index (Phi) is 5.89. The summed E-state index contributed by atoms with van der Waals surface area (Å²) in [5, 5.41) is 6.02. The molecule has 3 heterocycles. The summed E-state index contributed by atoms with van der Waals surface area (Å²) >= 11 is 0. The molecule has 1 saturated heterocycles. The van der Waals surface area contributed by atoms with Gasteiger partial charge in [0.25, 0.3) is 0 Å². The first-order chi connectivity index (χ1) is 12.1. The molecule has 0 aromatic carbocycles. The molecule has 1 fully saturated rings. The molecular formula is C19H31N5O. The number of aryl methyl sites for hydroxylation is 1. The Morgan fingerprint density at radius 1 is 1.36 bits per heavy atom. The Balaban J connectivity index is 1.97. The molecule has 1 aliphatic rings. The van der Waals surface area contributed by atoms with Crippen LogP contribution in [0.3, 0.4) is 0 Å². The van der Waals surface area contributed by atoms with Gasteiger partial charge >= 0.3 is 0 Å². The maximum absolute atomic E-state index is 5.80. The first-order valence-electron chi connectivity index (χ1n) is 9.63. The fourth-order valence-electron chi connectivity index (χ4n) is 3.53. The molecule has 0 spiro atoms. The van der Waals surface area contributed by atoms with E-state index in [9.17, 15) is 0 Å². The highest BCUT2D eigenvalue weighted by molar-refractivity contribution is 5.89. The highest BCUT2D eigenvalue weighted by Crippen LogP contribution is 2.28. The van der Waals surface area contributed by atoms with Crippen LogP contribution in [0.4, 0.5) is 5.82 Å². The summed E-state index contributed by atoms with van der Waals surface area (Å²) < 4.78 is 7.88. The number of anilines is 1. The molecule has 1 aliphatic heterocycles.